The average molecular weight is 795 g/mol. The summed E-state index contributed by atoms with van der Waals surface area (Å²) in [5, 5.41) is 0. The number of hydrogen-bond donors (Lipinski definition) is 0. The summed E-state index contributed by atoms with van der Waals surface area (Å²) in [6.07, 6.45) is 5.98. The van der Waals surface area contributed by atoms with Crippen molar-refractivity contribution in [1.82, 2.24) is 15.0 Å². The number of aromatic nitrogens is 3. The number of nitrogens with zero attached hydrogens (tertiary/aromatic N) is 4. The maximum atomic E-state index is 7.73. The lowest BCUT2D eigenvalue weighted by atomic mass is 9.67. The van der Waals surface area contributed by atoms with Gasteiger partial charge in [-0.3, -0.25) is 0 Å². The minimum Gasteiger partial charge on any atom is -0.238 e. The first-order chi connectivity index (χ1) is 30.6. The Bertz CT molecular complexity index is 3160. The van der Waals surface area contributed by atoms with Gasteiger partial charge in [0.15, 0.2) is 23.2 Å². The molecule has 2 aliphatic rings. The normalized spacial score (nSPS) is 13.6. The summed E-state index contributed by atoms with van der Waals surface area (Å²) in [5.74, 6) is 1.91. The molecule has 0 saturated heterocycles. The summed E-state index contributed by atoms with van der Waals surface area (Å²) in [6, 6.07) is 68.6. The highest BCUT2D eigenvalue weighted by atomic mass is 15.0. The predicted octanol–water partition coefficient (Wildman–Crippen LogP) is 15.3. The van der Waals surface area contributed by atoms with E-state index in [0.717, 1.165) is 57.5 Å². The van der Waals surface area contributed by atoms with Gasteiger partial charge < -0.3 is 0 Å². The SMILES string of the molecule is [C-]#[N+]c1ccc2c(c1)C1(CCCCC1)c1cc(-c3cccc(-c4cccc(-c5cccc(-c6nc(-c7ccccc7)nc(-c7ccc(-c8ccccc8)cc7)n6)c5)c4)c3)ccc1-2. The van der Waals surface area contributed by atoms with Crippen molar-refractivity contribution < 1.29 is 0 Å². The summed E-state index contributed by atoms with van der Waals surface area (Å²) in [4.78, 5) is 18.9. The minimum absolute atomic E-state index is 0.0137. The van der Waals surface area contributed by atoms with E-state index in [0.29, 0.717) is 17.5 Å². The van der Waals surface area contributed by atoms with Crippen LogP contribution < -0.4 is 0 Å². The second-order valence-corrected chi connectivity index (χ2v) is 16.6. The smallest absolute Gasteiger partial charge is 0.187 e. The monoisotopic (exact) mass is 794 g/mol. The van der Waals surface area contributed by atoms with Crippen molar-refractivity contribution in [2.45, 2.75) is 37.5 Å². The molecule has 1 spiro atoms. The Balaban J connectivity index is 0.922. The van der Waals surface area contributed by atoms with E-state index >= 15 is 0 Å². The van der Waals surface area contributed by atoms with E-state index in [1.54, 1.807) is 0 Å². The predicted molar refractivity (Wildman–Crippen MR) is 253 cm³/mol. The van der Waals surface area contributed by atoms with E-state index in [1.807, 2.05) is 42.5 Å². The van der Waals surface area contributed by atoms with Crippen molar-refractivity contribution >= 4 is 5.69 Å². The fourth-order valence-electron chi connectivity index (χ4n) is 9.81. The Morgan fingerprint density at radius 1 is 0.339 bits per heavy atom. The van der Waals surface area contributed by atoms with E-state index in [2.05, 4.69) is 157 Å². The van der Waals surface area contributed by atoms with Crippen molar-refractivity contribution in [3.8, 4) is 89.8 Å². The molecule has 4 nitrogen and oxygen atoms in total. The quantitative estimate of drug-likeness (QED) is 0.151. The number of hydrogen-bond acceptors (Lipinski definition) is 3. The summed E-state index contributed by atoms with van der Waals surface area (Å²) in [5.41, 5.74) is 18.2. The zero-order chi connectivity index (χ0) is 41.5. The maximum Gasteiger partial charge on any atom is 0.187 e. The van der Waals surface area contributed by atoms with Crippen LogP contribution in [0.25, 0.3) is 94.6 Å². The van der Waals surface area contributed by atoms with Gasteiger partial charge >= 0.3 is 0 Å². The third-order valence-electron chi connectivity index (χ3n) is 12.9. The van der Waals surface area contributed by atoms with Gasteiger partial charge in [-0.2, -0.15) is 0 Å². The van der Waals surface area contributed by atoms with Crippen LogP contribution in [-0.4, -0.2) is 15.0 Å². The molecule has 1 heterocycles. The highest BCUT2D eigenvalue weighted by Gasteiger charge is 2.43. The Labute approximate surface area is 363 Å². The van der Waals surface area contributed by atoms with Crippen LogP contribution in [0.15, 0.2) is 194 Å². The molecule has 62 heavy (non-hydrogen) atoms. The molecule has 0 N–H and O–H groups in total. The summed E-state index contributed by atoms with van der Waals surface area (Å²) < 4.78 is 0. The molecule has 11 rings (SSSR count). The van der Waals surface area contributed by atoms with Crippen LogP contribution in [0.5, 0.6) is 0 Å². The van der Waals surface area contributed by atoms with Gasteiger partial charge in [0, 0.05) is 22.1 Å². The fourth-order valence-corrected chi connectivity index (χ4v) is 9.81. The molecular formula is C58H42N4. The molecule has 0 atom stereocenters. The first-order valence-electron chi connectivity index (χ1n) is 21.6. The second kappa shape index (κ2) is 15.7. The average Bonchev–Trinajstić information content (AvgIpc) is 3.61. The molecule has 1 saturated carbocycles. The second-order valence-electron chi connectivity index (χ2n) is 16.6. The van der Waals surface area contributed by atoms with Crippen molar-refractivity contribution in [1.29, 1.82) is 0 Å². The Hall–Kier alpha value is -7.74. The molecule has 0 aliphatic heterocycles. The van der Waals surface area contributed by atoms with Gasteiger partial charge in [-0.05, 0) is 104 Å². The molecule has 2 aliphatic carbocycles. The summed E-state index contributed by atoms with van der Waals surface area (Å²) in [7, 11) is 0. The maximum absolute atomic E-state index is 7.73. The molecule has 8 aromatic carbocycles. The van der Waals surface area contributed by atoms with Crippen molar-refractivity contribution in [2.75, 3.05) is 0 Å². The molecule has 9 aromatic rings. The molecule has 294 valence electrons. The molecule has 1 aromatic heterocycles. The molecule has 1 fully saturated rings. The van der Waals surface area contributed by atoms with Crippen LogP contribution in [0, 0.1) is 6.57 Å². The lowest BCUT2D eigenvalue weighted by molar-refractivity contribution is 0.353. The molecular weight excluding hydrogens is 753 g/mol. The van der Waals surface area contributed by atoms with Crippen LogP contribution in [0.3, 0.4) is 0 Å². The molecule has 0 bridgehead atoms. The third-order valence-corrected chi connectivity index (χ3v) is 12.9. The number of benzene rings is 8. The molecule has 0 amide bonds. The van der Waals surface area contributed by atoms with Gasteiger partial charge in [-0.15, -0.1) is 0 Å². The zero-order valence-electron chi connectivity index (χ0n) is 34.3. The third kappa shape index (κ3) is 6.79. The molecule has 0 radical (unpaired) electrons. The minimum atomic E-state index is -0.0137. The fraction of sp³-hybridized carbons (Fsp3) is 0.103. The van der Waals surface area contributed by atoms with Gasteiger partial charge in [-0.1, -0.05) is 189 Å². The number of fused-ring (bicyclic) bond motifs is 5. The Morgan fingerprint density at radius 3 is 1.29 bits per heavy atom. The van der Waals surface area contributed by atoms with Crippen LogP contribution in [0.1, 0.15) is 43.2 Å². The molecule has 4 heteroatoms. The van der Waals surface area contributed by atoms with E-state index in [4.69, 9.17) is 21.5 Å². The van der Waals surface area contributed by atoms with Gasteiger partial charge in [-0.25, -0.2) is 19.8 Å². The van der Waals surface area contributed by atoms with E-state index in [-0.39, 0.29) is 5.41 Å². The first kappa shape index (κ1) is 37.3. The van der Waals surface area contributed by atoms with Crippen LogP contribution >= 0.6 is 0 Å². The summed E-state index contributed by atoms with van der Waals surface area (Å²) >= 11 is 0. The van der Waals surface area contributed by atoms with Gasteiger partial charge in [0.05, 0.1) is 6.57 Å². The Morgan fingerprint density at radius 2 is 0.726 bits per heavy atom. The van der Waals surface area contributed by atoms with Gasteiger partial charge in [0.25, 0.3) is 0 Å². The van der Waals surface area contributed by atoms with Crippen molar-refractivity contribution in [2.24, 2.45) is 0 Å². The Kier molecular flexibility index (Phi) is 9.44. The topological polar surface area (TPSA) is 43.0 Å². The zero-order valence-corrected chi connectivity index (χ0v) is 34.3. The highest BCUT2D eigenvalue weighted by Crippen LogP contribution is 2.57. The van der Waals surface area contributed by atoms with Crippen LogP contribution in [0.4, 0.5) is 5.69 Å². The largest absolute Gasteiger partial charge is 0.238 e. The van der Waals surface area contributed by atoms with E-state index in [1.165, 1.54) is 63.8 Å². The van der Waals surface area contributed by atoms with Crippen LogP contribution in [-0.2, 0) is 5.41 Å². The first-order valence-corrected chi connectivity index (χ1v) is 21.6. The van der Waals surface area contributed by atoms with Gasteiger partial charge in [0.1, 0.15) is 0 Å². The lowest BCUT2D eigenvalue weighted by Gasteiger charge is -2.36. The van der Waals surface area contributed by atoms with E-state index in [9.17, 15) is 0 Å². The van der Waals surface area contributed by atoms with Crippen molar-refractivity contribution in [3.05, 3.63) is 217 Å². The van der Waals surface area contributed by atoms with Crippen LogP contribution in [0.2, 0.25) is 0 Å². The molecule has 0 unspecified atom stereocenters. The lowest BCUT2D eigenvalue weighted by Crippen LogP contribution is -2.28. The highest BCUT2D eigenvalue weighted by molar-refractivity contribution is 5.86. The van der Waals surface area contributed by atoms with E-state index < -0.39 is 0 Å². The van der Waals surface area contributed by atoms with Crippen molar-refractivity contribution in [3.63, 3.8) is 0 Å². The summed E-state index contributed by atoms with van der Waals surface area (Å²) in [6.45, 7) is 7.73. The standard InChI is InChI=1S/C58H42N4/c1-59-50-29-31-52-51-30-28-48(37-53(51)58(54(52)38-50)32-9-4-10-33-58)46-21-12-19-44(35-46)43-18-11-20-45(34-43)47-22-13-23-49(36-47)57-61-55(41-16-7-3-8-17-41)60-56(62-57)42-26-24-40(25-27-42)39-14-5-2-6-15-39/h2-3,5-8,11-31,34-38H,4,9-10,32-33H2. The van der Waals surface area contributed by atoms with Gasteiger partial charge in [0.2, 0.25) is 0 Å². The number of rotatable bonds is 7.